The maximum absolute atomic E-state index is 13.4. The van der Waals surface area contributed by atoms with Crippen LogP contribution in [0.3, 0.4) is 0 Å². The van der Waals surface area contributed by atoms with E-state index in [0.29, 0.717) is 55.7 Å². The lowest BCUT2D eigenvalue weighted by molar-refractivity contribution is -0.131. The quantitative estimate of drug-likeness (QED) is 0.119. The molecule has 1 aliphatic rings. The molecule has 0 saturated carbocycles. The van der Waals surface area contributed by atoms with Crippen molar-refractivity contribution < 1.29 is 33.2 Å². The van der Waals surface area contributed by atoms with Crippen LogP contribution in [-0.4, -0.2) is 71.6 Å². The zero-order chi connectivity index (χ0) is 33.5. The van der Waals surface area contributed by atoms with E-state index in [1.54, 1.807) is 41.3 Å². The molecule has 1 fully saturated rings. The first kappa shape index (κ1) is 35.5. The van der Waals surface area contributed by atoms with E-state index in [1.165, 1.54) is 19.3 Å². The zero-order valence-electron chi connectivity index (χ0n) is 26.2. The summed E-state index contributed by atoms with van der Waals surface area (Å²) in [6.07, 6.45) is 5.88. The molecule has 0 spiro atoms. The van der Waals surface area contributed by atoms with E-state index >= 15 is 0 Å². The number of carbonyl (C=O) groups is 6. The second-order valence-corrected chi connectivity index (χ2v) is 11.3. The van der Waals surface area contributed by atoms with Gasteiger partial charge in [0.15, 0.2) is 0 Å². The van der Waals surface area contributed by atoms with E-state index in [1.807, 2.05) is 0 Å². The minimum absolute atomic E-state index is 0.0460. The third-order valence-electron chi connectivity index (χ3n) is 7.79. The number of nitrogens with two attached hydrogens (primary N) is 1. The van der Waals surface area contributed by atoms with Gasteiger partial charge in [-0.25, -0.2) is 0 Å². The van der Waals surface area contributed by atoms with Gasteiger partial charge in [0.2, 0.25) is 35.4 Å². The Bertz CT molecular complexity index is 1380. The summed E-state index contributed by atoms with van der Waals surface area (Å²) in [5, 5.41) is 11.0. The summed E-state index contributed by atoms with van der Waals surface area (Å²) in [6, 6.07) is 8.43. The van der Waals surface area contributed by atoms with Crippen LogP contribution in [0.5, 0.6) is 0 Å². The molecule has 2 heterocycles. The molecule has 13 nitrogen and oxygen atoms in total. The summed E-state index contributed by atoms with van der Waals surface area (Å²) in [6.45, 7) is 6.06. The summed E-state index contributed by atoms with van der Waals surface area (Å²) < 4.78 is 5.42. The zero-order valence-corrected chi connectivity index (χ0v) is 26.2. The van der Waals surface area contributed by atoms with Gasteiger partial charge in [0, 0.05) is 45.4 Å². The molecule has 248 valence electrons. The number of primary amides is 1. The van der Waals surface area contributed by atoms with Crippen molar-refractivity contribution in [3.8, 4) is 0 Å². The van der Waals surface area contributed by atoms with Gasteiger partial charge in [-0.1, -0.05) is 30.8 Å². The lowest BCUT2D eigenvalue weighted by Crippen LogP contribution is -2.49. The topological polar surface area (TPSA) is 193 Å². The van der Waals surface area contributed by atoms with Gasteiger partial charge in [-0.3, -0.25) is 28.8 Å². The van der Waals surface area contributed by atoms with Crippen molar-refractivity contribution in [2.45, 2.75) is 83.0 Å². The minimum atomic E-state index is -0.943. The number of nitrogens with one attached hydrogen (secondary N) is 4. The first-order valence-electron chi connectivity index (χ1n) is 15.5. The van der Waals surface area contributed by atoms with E-state index < -0.39 is 29.8 Å². The number of hydrogen-bond donors (Lipinski definition) is 5. The Balaban J connectivity index is 1.59. The Morgan fingerprint density at radius 3 is 2.41 bits per heavy atom. The number of furan rings is 1. The van der Waals surface area contributed by atoms with Crippen molar-refractivity contribution in [3.05, 3.63) is 72.2 Å². The van der Waals surface area contributed by atoms with Crippen molar-refractivity contribution in [3.63, 3.8) is 0 Å². The molecule has 13 heteroatoms. The minimum Gasteiger partial charge on any atom is -0.469 e. The van der Waals surface area contributed by atoms with Crippen molar-refractivity contribution in [1.82, 2.24) is 26.2 Å². The number of likely N-dealkylation sites (tertiary alicyclic amines) is 1. The highest BCUT2D eigenvalue weighted by Crippen LogP contribution is 2.20. The van der Waals surface area contributed by atoms with Crippen molar-refractivity contribution in [1.29, 1.82) is 0 Å². The van der Waals surface area contributed by atoms with Crippen LogP contribution in [0.15, 0.2) is 59.7 Å². The monoisotopic (exact) mass is 636 g/mol. The Labute approximate surface area is 268 Å². The van der Waals surface area contributed by atoms with E-state index in [2.05, 4.69) is 27.8 Å². The van der Waals surface area contributed by atoms with Crippen LogP contribution in [0.1, 0.15) is 62.3 Å². The van der Waals surface area contributed by atoms with Crippen LogP contribution >= 0.6 is 0 Å². The molecule has 0 unspecified atom stereocenters. The number of carbonyl (C=O) groups excluding carboxylic acids is 6. The first-order chi connectivity index (χ1) is 22.1. The van der Waals surface area contributed by atoms with Crippen molar-refractivity contribution >= 4 is 35.4 Å². The fourth-order valence-electron chi connectivity index (χ4n) is 5.41. The highest BCUT2D eigenvalue weighted by molar-refractivity contribution is 5.90. The third-order valence-corrected chi connectivity index (χ3v) is 7.79. The molecule has 6 amide bonds. The number of nitrogens with zero attached hydrogens (tertiary/aromatic N) is 1. The standard InChI is InChI=1S/C33H44N6O7/c1-3-31(43)39-16-8-12-25(39)19-30(42)38-28(20-26-13-9-17-46-26)33(45)36-21-24-11-5-4-10-23(24)18-29(41)37-27(32(34)44)14-6-7-15-35-22(2)40/h3-5,9-11,13,17,25,27-28H,1,6-8,12,14-16,18-21H2,2H3,(H2,34,44)(H,35,40)(H,36,45)(H,37,41)(H,38,42)/t25-,27-,28-/m0/s1. The normalized spacial score (nSPS) is 15.3. The van der Waals surface area contributed by atoms with Gasteiger partial charge < -0.3 is 36.3 Å². The smallest absolute Gasteiger partial charge is 0.246 e. The molecule has 1 saturated heterocycles. The summed E-state index contributed by atoms with van der Waals surface area (Å²) >= 11 is 0. The molecule has 2 aromatic rings. The van der Waals surface area contributed by atoms with Gasteiger partial charge >= 0.3 is 0 Å². The van der Waals surface area contributed by atoms with E-state index in [0.717, 1.165) is 6.42 Å². The lowest BCUT2D eigenvalue weighted by Gasteiger charge is -2.24. The van der Waals surface area contributed by atoms with Crippen LogP contribution in [0.2, 0.25) is 0 Å². The number of unbranched alkanes of at least 4 members (excludes halogenated alkanes) is 1. The van der Waals surface area contributed by atoms with Crippen molar-refractivity contribution in [2.75, 3.05) is 13.1 Å². The summed E-state index contributed by atoms with van der Waals surface area (Å²) in [4.78, 5) is 76.0. The van der Waals surface area contributed by atoms with Crippen LogP contribution in [-0.2, 0) is 48.2 Å². The summed E-state index contributed by atoms with van der Waals surface area (Å²) in [5.41, 5.74) is 6.84. The summed E-state index contributed by atoms with van der Waals surface area (Å²) in [7, 11) is 0. The highest BCUT2D eigenvalue weighted by atomic mass is 16.3. The molecule has 6 N–H and O–H groups in total. The molecule has 0 bridgehead atoms. The predicted molar refractivity (Wildman–Crippen MR) is 170 cm³/mol. The van der Waals surface area contributed by atoms with Crippen LogP contribution in [0.25, 0.3) is 0 Å². The van der Waals surface area contributed by atoms with E-state index in [-0.39, 0.29) is 49.6 Å². The highest BCUT2D eigenvalue weighted by Gasteiger charge is 2.31. The third kappa shape index (κ3) is 11.5. The fraction of sp³-hybridized carbons (Fsp3) is 0.455. The van der Waals surface area contributed by atoms with Crippen LogP contribution in [0.4, 0.5) is 0 Å². The Hall–Kier alpha value is -4.94. The first-order valence-corrected chi connectivity index (χ1v) is 15.5. The van der Waals surface area contributed by atoms with E-state index in [9.17, 15) is 28.8 Å². The van der Waals surface area contributed by atoms with Crippen molar-refractivity contribution in [2.24, 2.45) is 5.73 Å². The SMILES string of the molecule is C=CC(=O)N1CCC[C@H]1CC(=O)N[C@@H](Cc1ccco1)C(=O)NCc1ccccc1CC(=O)N[C@@H](CCCCNC(C)=O)C(N)=O. The Morgan fingerprint density at radius 1 is 1.00 bits per heavy atom. The average molecular weight is 637 g/mol. The molecule has 1 aromatic carbocycles. The fourth-order valence-corrected chi connectivity index (χ4v) is 5.41. The second-order valence-electron chi connectivity index (χ2n) is 11.3. The number of hydrogen-bond acceptors (Lipinski definition) is 7. The van der Waals surface area contributed by atoms with Crippen LogP contribution in [0, 0.1) is 0 Å². The molecule has 1 aliphatic heterocycles. The Morgan fingerprint density at radius 2 is 1.74 bits per heavy atom. The van der Waals surface area contributed by atoms with Gasteiger partial charge in [0.1, 0.15) is 17.8 Å². The van der Waals surface area contributed by atoms with E-state index in [4.69, 9.17) is 10.2 Å². The number of amides is 6. The molecular weight excluding hydrogens is 592 g/mol. The molecule has 0 aliphatic carbocycles. The van der Waals surface area contributed by atoms with Gasteiger partial charge in [-0.2, -0.15) is 0 Å². The summed E-state index contributed by atoms with van der Waals surface area (Å²) in [5.74, 6) is -1.70. The molecule has 0 radical (unpaired) electrons. The van der Waals surface area contributed by atoms with Gasteiger partial charge in [-0.05, 0) is 61.4 Å². The molecule has 46 heavy (non-hydrogen) atoms. The maximum atomic E-state index is 13.4. The Kier molecular flexibility index (Phi) is 14.0. The molecular formula is C33H44N6O7. The van der Waals surface area contributed by atoms with Crippen LogP contribution < -0.4 is 27.0 Å². The lowest BCUT2D eigenvalue weighted by atomic mass is 10.0. The van der Waals surface area contributed by atoms with Gasteiger partial charge in [0.25, 0.3) is 0 Å². The molecule has 1 aromatic heterocycles. The molecule has 3 rings (SSSR count). The number of benzene rings is 1. The number of rotatable bonds is 18. The van der Waals surface area contributed by atoms with Gasteiger partial charge in [0.05, 0.1) is 12.7 Å². The average Bonchev–Trinajstić information content (AvgIpc) is 3.71. The predicted octanol–water partition coefficient (Wildman–Crippen LogP) is 1.01. The molecule has 3 atom stereocenters. The maximum Gasteiger partial charge on any atom is 0.246 e. The second kappa shape index (κ2) is 18.1. The largest absolute Gasteiger partial charge is 0.469 e. The van der Waals surface area contributed by atoms with Gasteiger partial charge in [-0.15, -0.1) is 0 Å².